The van der Waals surface area contributed by atoms with Crippen LogP contribution in [0, 0.1) is 12.7 Å². The summed E-state index contributed by atoms with van der Waals surface area (Å²) < 4.78 is 36.2. The van der Waals surface area contributed by atoms with Gasteiger partial charge < -0.3 is 5.32 Å². The molecule has 1 aromatic carbocycles. The average molecular weight is 272 g/mol. The molecule has 1 fully saturated rings. The van der Waals surface area contributed by atoms with E-state index in [2.05, 4.69) is 5.32 Å². The summed E-state index contributed by atoms with van der Waals surface area (Å²) in [5.41, 5.74) is -0.116. The molecule has 7 heteroatoms. The predicted molar refractivity (Wildman–Crippen MR) is 63.0 cm³/mol. The number of nitrogens with two attached hydrogens (primary N) is 1. The van der Waals surface area contributed by atoms with E-state index in [0.29, 0.717) is 0 Å². The third kappa shape index (κ3) is 2.68. The quantitative estimate of drug-likeness (QED) is 0.847. The van der Waals surface area contributed by atoms with Crippen LogP contribution in [0.3, 0.4) is 0 Å². The van der Waals surface area contributed by atoms with E-state index in [9.17, 15) is 17.6 Å². The Morgan fingerprint density at radius 3 is 2.56 bits per heavy atom. The zero-order valence-corrected chi connectivity index (χ0v) is 10.6. The Balaban J connectivity index is 2.43. The monoisotopic (exact) mass is 272 g/mol. The van der Waals surface area contributed by atoms with E-state index in [0.717, 1.165) is 25.0 Å². The van der Waals surface area contributed by atoms with Gasteiger partial charge in [-0.2, -0.15) is 0 Å². The molecule has 1 aliphatic carbocycles. The van der Waals surface area contributed by atoms with Crippen molar-refractivity contribution in [2.24, 2.45) is 5.14 Å². The van der Waals surface area contributed by atoms with E-state index >= 15 is 0 Å². The van der Waals surface area contributed by atoms with Crippen molar-refractivity contribution in [3.63, 3.8) is 0 Å². The van der Waals surface area contributed by atoms with Gasteiger partial charge in [0.2, 0.25) is 10.0 Å². The van der Waals surface area contributed by atoms with Crippen molar-refractivity contribution in [1.29, 1.82) is 0 Å². The molecular weight excluding hydrogens is 259 g/mol. The lowest BCUT2D eigenvalue weighted by Gasteiger charge is -2.09. The Morgan fingerprint density at radius 1 is 1.44 bits per heavy atom. The van der Waals surface area contributed by atoms with Crippen LogP contribution in [0.25, 0.3) is 0 Å². The number of carbonyl (C=O) groups excluding carboxylic acids is 1. The summed E-state index contributed by atoms with van der Waals surface area (Å²) >= 11 is 0. The van der Waals surface area contributed by atoms with E-state index in [1.165, 1.54) is 6.92 Å². The molecule has 1 aromatic rings. The average Bonchev–Trinajstić information content (AvgIpc) is 2.99. The Kier molecular flexibility index (Phi) is 3.12. The first-order valence-corrected chi connectivity index (χ1v) is 6.97. The molecule has 1 saturated carbocycles. The highest BCUT2D eigenvalue weighted by Crippen LogP contribution is 2.22. The molecule has 0 aromatic heterocycles. The number of carbonyl (C=O) groups is 1. The second kappa shape index (κ2) is 4.33. The number of benzene rings is 1. The molecule has 0 aliphatic heterocycles. The molecule has 3 N–H and O–H groups in total. The lowest BCUT2D eigenvalue weighted by atomic mass is 10.1. The zero-order valence-electron chi connectivity index (χ0n) is 9.73. The van der Waals surface area contributed by atoms with Crippen LogP contribution in [-0.2, 0) is 10.0 Å². The smallest absolute Gasteiger partial charge is 0.254 e. The second-order valence-corrected chi connectivity index (χ2v) is 5.92. The highest BCUT2D eigenvalue weighted by molar-refractivity contribution is 7.89. The van der Waals surface area contributed by atoms with Gasteiger partial charge in [-0.3, -0.25) is 4.79 Å². The number of rotatable bonds is 3. The minimum Gasteiger partial charge on any atom is -0.349 e. The molecule has 0 spiro atoms. The van der Waals surface area contributed by atoms with Crippen LogP contribution >= 0.6 is 0 Å². The molecule has 0 bridgehead atoms. The maximum Gasteiger partial charge on any atom is 0.254 e. The largest absolute Gasteiger partial charge is 0.349 e. The third-order valence-corrected chi connectivity index (χ3v) is 3.78. The highest BCUT2D eigenvalue weighted by atomic mass is 32.2. The standard InChI is InChI=1S/C11H13FN2O3S/c1-6-4-9(12)8(5-10(6)18(13,16)17)11(15)14-7-2-3-7/h4-5,7H,2-3H2,1H3,(H,14,15)(H2,13,16,17). The summed E-state index contributed by atoms with van der Waals surface area (Å²) in [4.78, 5) is 11.5. The fourth-order valence-corrected chi connectivity index (χ4v) is 2.41. The van der Waals surface area contributed by atoms with Crippen LogP contribution in [0.5, 0.6) is 0 Å². The van der Waals surface area contributed by atoms with Crippen LogP contribution in [0.1, 0.15) is 28.8 Å². The van der Waals surface area contributed by atoms with Crippen molar-refractivity contribution in [3.8, 4) is 0 Å². The summed E-state index contributed by atoms with van der Waals surface area (Å²) in [5.74, 6) is -1.36. The first-order chi connectivity index (χ1) is 8.29. The summed E-state index contributed by atoms with van der Waals surface area (Å²) in [7, 11) is -3.97. The molecule has 0 atom stereocenters. The van der Waals surface area contributed by atoms with Crippen LogP contribution in [-0.4, -0.2) is 20.4 Å². The summed E-state index contributed by atoms with van der Waals surface area (Å²) in [6, 6.07) is 2.05. The number of nitrogens with one attached hydrogen (secondary N) is 1. The zero-order chi connectivity index (χ0) is 13.5. The number of amides is 1. The number of sulfonamides is 1. The second-order valence-electron chi connectivity index (χ2n) is 4.39. The molecule has 0 saturated heterocycles. The van der Waals surface area contributed by atoms with Crippen LogP contribution in [0.2, 0.25) is 0 Å². The third-order valence-electron chi connectivity index (χ3n) is 2.73. The van der Waals surface area contributed by atoms with Gasteiger partial charge in [0.15, 0.2) is 0 Å². The number of halogens is 1. The van der Waals surface area contributed by atoms with E-state index in [4.69, 9.17) is 5.14 Å². The van der Waals surface area contributed by atoms with E-state index in [1.807, 2.05) is 0 Å². The fraction of sp³-hybridized carbons (Fsp3) is 0.364. The lowest BCUT2D eigenvalue weighted by Crippen LogP contribution is -2.27. The van der Waals surface area contributed by atoms with Crippen molar-refractivity contribution < 1.29 is 17.6 Å². The first-order valence-electron chi connectivity index (χ1n) is 5.43. The molecule has 1 aliphatic rings. The van der Waals surface area contributed by atoms with Gasteiger partial charge in [-0.25, -0.2) is 17.9 Å². The SMILES string of the molecule is Cc1cc(F)c(C(=O)NC2CC2)cc1S(N)(=O)=O. The Morgan fingerprint density at radius 2 is 2.06 bits per heavy atom. The van der Waals surface area contributed by atoms with Crippen LogP contribution in [0.15, 0.2) is 17.0 Å². The van der Waals surface area contributed by atoms with Crippen molar-refractivity contribution in [1.82, 2.24) is 5.32 Å². The summed E-state index contributed by atoms with van der Waals surface area (Å²) in [6.07, 6.45) is 1.72. The van der Waals surface area contributed by atoms with Crippen LogP contribution in [0.4, 0.5) is 4.39 Å². The normalized spacial score (nSPS) is 15.5. The van der Waals surface area contributed by atoms with E-state index in [-0.39, 0.29) is 22.1 Å². The molecule has 98 valence electrons. The van der Waals surface area contributed by atoms with E-state index in [1.54, 1.807) is 0 Å². The van der Waals surface area contributed by atoms with Gasteiger partial charge in [0, 0.05) is 6.04 Å². The number of aryl methyl sites for hydroxylation is 1. The van der Waals surface area contributed by atoms with Gasteiger partial charge in [0.25, 0.3) is 5.91 Å². The van der Waals surface area contributed by atoms with Gasteiger partial charge >= 0.3 is 0 Å². The fourth-order valence-electron chi connectivity index (χ4n) is 1.62. The van der Waals surface area contributed by atoms with Crippen molar-refractivity contribution in [2.45, 2.75) is 30.7 Å². The highest BCUT2D eigenvalue weighted by Gasteiger charge is 2.26. The molecule has 0 unspecified atom stereocenters. The van der Waals surface area contributed by atoms with Crippen LogP contribution < -0.4 is 10.5 Å². The Hall–Kier alpha value is -1.47. The lowest BCUT2D eigenvalue weighted by molar-refractivity contribution is 0.0947. The predicted octanol–water partition coefficient (Wildman–Crippen LogP) is 0.674. The van der Waals surface area contributed by atoms with Crippen molar-refractivity contribution in [2.75, 3.05) is 0 Å². The number of hydrogen-bond donors (Lipinski definition) is 2. The Bertz CT molecular complexity index is 609. The molecule has 0 radical (unpaired) electrons. The maximum absolute atomic E-state index is 13.6. The van der Waals surface area contributed by atoms with Gasteiger partial charge in [-0.05, 0) is 37.5 Å². The first kappa shape index (κ1) is 13.0. The van der Waals surface area contributed by atoms with E-state index < -0.39 is 21.7 Å². The topological polar surface area (TPSA) is 89.3 Å². The van der Waals surface area contributed by atoms with Gasteiger partial charge in [0.1, 0.15) is 5.82 Å². The summed E-state index contributed by atoms with van der Waals surface area (Å²) in [6.45, 7) is 1.42. The molecule has 5 nitrogen and oxygen atoms in total. The molecule has 0 heterocycles. The summed E-state index contributed by atoms with van der Waals surface area (Å²) in [5, 5.41) is 7.60. The molecular formula is C11H13FN2O3S. The van der Waals surface area contributed by atoms with Gasteiger partial charge in [0.05, 0.1) is 10.5 Å². The molecule has 1 amide bonds. The minimum atomic E-state index is -3.97. The van der Waals surface area contributed by atoms with Crippen molar-refractivity contribution >= 4 is 15.9 Å². The van der Waals surface area contributed by atoms with Gasteiger partial charge in [-0.15, -0.1) is 0 Å². The molecule has 2 rings (SSSR count). The number of primary sulfonamides is 1. The number of hydrogen-bond acceptors (Lipinski definition) is 3. The van der Waals surface area contributed by atoms with Crippen molar-refractivity contribution in [3.05, 3.63) is 29.1 Å². The maximum atomic E-state index is 13.6. The Labute approximate surface area is 104 Å². The minimum absolute atomic E-state index is 0.0659. The van der Waals surface area contributed by atoms with Gasteiger partial charge in [-0.1, -0.05) is 0 Å². The molecule has 18 heavy (non-hydrogen) atoms.